The number of carbonyl (C=O) groups is 1. The van der Waals surface area contributed by atoms with Gasteiger partial charge in [0.2, 0.25) is 5.91 Å². The van der Waals surface area contributed by atoms with Crippen LogP contribution >= 0.6 is 0 Å². The molecule has 1 N–H and O–H groups in total. The molecule has 4 aromatic rings. The predicted molar refractivity (Wildman–Crippen MR) is 111 cm³/mol. The third kappa shape index (κ3) is 3.47. The number of hydrogen-bond acceptors (Lipinski definition) is 7. The number of nitrogens with one attached hydrogen (secondary N) is 1. The first-order valence-electron chi connectivity index (χ1n) is 9.85. The maximum atomic E-state index is 12.8. The number of nitrogens with zero attached hydrogens (tertiary/aromatic N) is 8. The first kappa shape index (κ1) is 18.2. The molecule has 1 aliphatic rings. The number of carbonyl (C=O) groups excluding carboxylic acids is 1. The van der Waals surface area contributed by atoms with Crippen molar-refractivity contribution in [2.45, 2.75) is 12.8 Å². The molecule has 0 spiro atoms. The van der Waals surface area contributed by atoms with Crippen molar-refractivity contribution in [1.29, 1.82) is 0 Å². The van der Waals surface area contributed by atoms with Crippen LogP contribution in [0.25, 0.3) is 17.0 Å². The number of rotatable bonds is 4. The summed E-state index contributed by atoms with van der Waals surface area (Å²) >= 11 is 0. The van der Waals surface area contributed by atoms with Crippen LogP contribution in [-0.2, 0) is 11.8 Å². The molecule has 0 saturated carbocycles. The van der Waals surface area contributed by atoms with Gasteiger partial charge in [0.05, 0.1) is 0 Å². The summed E-state index contributed by atoms with van der Waals surface area (Å²) in [5, 5.41) is 23.5. The predicted octanol–water partition coefficient (Wildman–Crippen LogP) is 1.77. The Morgan fingerprint density at radius 1 is 1.07 bits per heavy atom. The second-order valence-electron chi connectivity index (χ2n) is 7.42. The fourth-order valence-corrected chi connectivity index (χ4v) is 3.78. The summed E-state index contributed by atoms with van der Waals surface area (Å²) in [6, 6.07) is 11.5. The molecule has 1 fully saturated rings. The number of anilines is 2. The molecule has 1 amide bonds. The Kier molecular flexibility index (Phi) is 4.58. The largest absolute Gasteiger partial charge is 0.355 e. The summed E-state index contributed by atoms with van der Waals surface area (Å²) in [6.07, 6.45) is 4.80. The maximum Gasteiger partial charge on any atom is 0.227 e. The summed E-state index contributed by atoms with van der Waals surface area (Å²) in [5.41, 5.74) is 2.40. The van der Waals surface area contributed by atoms with E-state index < -0.39 is 0 Å². The van der Waals surface area contributed by atoms with E-state index in [9.17, 15) is 4.79 Å². The second-order valence-corrected chi connectivity index (χ2v) is 7.42. The van der Waals surface area contributed by atoms with Crippen molar-refractivity contribution in [3.05, 3.63) is 49.1 Å². The zero-order chi connectivity index (χ0) is 20.5. The molecule has 3 aromatic heterocycles. The van der Waals surface area contributed by atoms with E-state index in [1.54, 1.807) is 17.2 Å². The van der Waals surface area contributed by atoms with Crippen molar-refractivity contribution in [3.63, 3.8) is 0 Å². The quantitative estimate of drug-likeness (QED) is 0.553. The smallest absolute Gasteiger partial charge is 0.227 e. The van der Waals surface area contributed by atoms with Gasteiger partial charge in [-0.05, 0) is 37.1 Å². The highest BCUT2D eigenvalue weighted by molar-refractivity contribution is 5.93. The van der Waals surface area contributed by atoms with E-state index in [-0.39, 0.29) is 11.8 Å². The summed E-state index contributed by atoms with van der Waals surface area (Å²) in [4.78, 5) is 15.0. The summed E-state index contributed by atoms with van der Waals surface area (Å²) < 4.78 is 3.51. The zero-order valence-electron chi connectivity index (χ0n) is 16.5. The Morgan fingerprint density at radius 2 is 1.90 bits per heavy atom. The average Bonchev–Trinajstić information content (AvgIpc) is 3.42. The van der Waals surface area contributed by atoms with Crippen LogP contribution in [-0.4, -0.2) is 53.6 Å². The molecule has 1 aromatic carbocycles. The van der Waals surface area contributed by atoms with Gasteiger partial charge >= 0.3 is 0 Å². The Balaban J connectivity index is 1.22. The molecular weight excluding hydrogens is 382 g/mol. The zero-order valence-corrected chi connectivity index (χ0v) is 16.5. The van der Waals surface area contributed by atoms with Crippen LogP contribution in [0.4, 0.5) is 11.5 Å². The van der Waals surface area contributed by atoms with Crippen molar-refractivity contribution < 1.29 is 4.79 Å². The summed E-state index contributed by atoms with van der Waals surface area (Å²) in [6.45, 7) is 1.55. The minimum atomic E-state index is -0.0293. The van der Waals surface area contributed by atoms with Gasteiger partial charge in [0.15, 0.2) is 11.5 Å². The first-order chi connectivity index (χ1) is 14.7. The standard InChI is InChI=1S/C20H21N9O/c1-27-12-21-25-19(27)15-3-2-4-16(11-15)23-20(30)14-7-9-28(10-8-14)18-6-5-17-24-22-13-29(17)26-18/h2-6,11-14H,7-10H2,1H3,(H,23,30). The van der Waals surface area contributed by atoms with E-state index in [0.717, 1.165) is 54.5 Å². The van der Waals surface area contributed by atoms with Crippen LogP contribution in [0.5, 0.6) is 0 Å². The lowest BCUT2D eigenvalue weighted by Crippen LogP contribution is -2.38. The lowest BCUT2D eigenvalue weighted by atomic mass is 9.95. The van der Waals surface area contributed by atoms with Crippen molar-refractivity contribution in [3.8, 4) is 11.4 Å². The van der Waals surface area contributed by atoms with E-state index in [2.05, 4.69) is 35.7 Å². The van der Waals surface area contributed by atoms with Crippen molar-refractivity contribution in [2.24, 2.45) is 13.0 Å². The molecule has 0 unspecified atom stereocenters. The van der Waals surface area contributed by atoms with Gasteiger partial charge in [-0.1, -0.05) is 12.1 Å². The summed E-state index contributed by atoms with van der Waals surface area (Å²) in [5.74, 6) is 1.65. The normalized spacial score (nSPS) is 14.9. The van der Waals surface area contributed by atoms with Gasteiger partial charge in [0.25, 0.3) is 0 Å². The fraction of sp³-hybridized carbons (Fsp3) is 0.300. The monoisotopic (exact) mass is 403 g/mol. The highest BCUT2D eigenvalue weighted by Crippen LogP contribution is 2.25. The van der Waals surface area contributed by atoms with Gasteiger partial charge in [-0.2, -0.15) is 4.52 Å². The topological polar surface area (TPSA) is 106 Å². The molecule has 5 rings (SSSR count). The number of piperidine rings is 1. The van der Waals surface area contributed by atoms with Crippen LogP contribution in [0.1, 0.15) is 12.8 Å². The Labute approximate surface area is 172 Å². The molecule has 0 bridgehead atoms. The molecule has 1 aliphatic heterocycles. The molecule has 10 heteroatoms. The maximum absolute atomic E-state index is 12.8. The number of benzene rings is 1. The van der Waals surface area contributed by atoms with Crippen LogP contribution < -0.4 is 10.2 Å². The Morgan fingerprint density at radius 3 is 2.70 bits per heavy atom. The Bertz CT molecular complexity index is 1190. The SMILES string of the molecule is Cn1cnnc1-c1cccc(NC(=O)C2CCN(c3ccc4nncn4n3)CC2)c1. The van der Waals surface area contributed by atoms with Gasteiger partial charge in [-0.3, -0.25) is 4.79 Å². The van der Waals surface area contributed by atoms with Gasteiger partial charge in [0, 0.05) is 37.3 Å². The van der Waals surface area contributed by atoms with E-state index in [1.165, 1.54) is 0 Å². The minimum absolute atomic E-state index is 0.0293. The van der Waals surface area contributed by atoms with E-state index in [0.29, 0.717) is 0 Å². The number of hydrogen-bond donors (Lipinski definition) is 1. The van der Waals surface area contributed by atoms with Gasteiger partial charge in [-0.25, -0.2) is 0 Å². The molecule has 0 atom stereocenters. The third-order valence-electron chi connectivity index (χ3n) is 5.44. The molecule has 30 heavy (non-hydrogen) atoms. The highest BCUT2D eigenvalue weighted by atomic mass is 16.1. The van der Waals surface area contributed by atoms with Crippen molar-refractivity contribution in [1.82, 2.24) is 34.6 Å². The Hall–Kier alpha value is -3.82. The molecule has 1 saturated heterocycles. The second kappa shape index (κ2) is 7.54. The summed E-state index contributed by atoms with van der Waals surface area (Å²) in [7, 11) is 1.89. The lowest BCUT2D eigenvalue weighted by Gasteiger charge is -2.32. The van der Waals surface area contributed by atoms with E-state index in [1.807, 2.05) is 48.0 Å². The van der Waals surface area contributed by atoms with Gasteiger partial charge < -0.3 is 14.8 Å². The molecule has 10 nitrogen and oxygen atoms in total. The van der Waals surface area contributed by atoms with Crippen molar-refractivity contribution in [2.75, 3.05) is 23.3 Å². The molecule has 0 aliphatic carbocycles. The molecular formula is C20H21N9O. The van der Waals surface area contributed by atoms with Crippen LogP contribution in [0.2, 0.25) is 0 Å². The molecule has 4 heterocycles. The third-order valence-corrected chi connectivity index (χ3v) is 5.44. The van der Waals surface area contributed by atoms with Gasteiger partial charge in [0.1, 0.15) is 18.5 Å². The molecule has 152 valence electrons. The van der Waals surface area contributed by atoms with Crippen LogP contribution in [0.3, 0.4) is 0 Å². The average molecular weight is 403 g/mol. The van der Waals surface area contributed by atoms with E-state index in [4.69, 9.17) is 0 Å². The van der Waals surface area contributed by atoms with Crippen LogP contribution in [0.15, 0.2) is 49.1 Å². The van der Waals surface area contributed by atoms with E-state index >= 15 is 0 Å². The fourth-order valence-electron chi connectivity index (χ4n) is 3.78. The number of fused-ring (bicyclic) bond motifs is 1. The minimum Gasteiger partial charge on any atom is -0.355 e. The van der Waals surface area contributed by atoms with Gasteiger partial charge in [-0.15, -0.1) is 25.5 Å². The number of aryl methyl sites for hydroxylation is 1. The lowest BCUT2D eigenvalue weighted by molar-refractivity contribution is -0.120. The number of amides is 1. The first-order valence-corrected chi connectivity index (χ1v) is 9.85. The van der Waals surface area contributed by atoms with Crippen LogP contribution in [0, 0.1) is 5.92 Å². The molecule has 0 radical (unpaired) electrons. The van der Waals surface area contributed by atoms with Crippen molar-refractivity contribution >= 4 is 23.1 Å². The highest BCUT2D eigenvalue weighted by Gasteiger charge is 2.26. The number of aromatic nitrogens is 7.